The van der Waals surface area contributed by atoms with Gasteiger partial charge in [-0.15, -0.1) is 0 Å². The number of nitrogens with one attached hydrogen (secondary N) is 2. The van der Waals surface area contributed by atoms with Gasteiger partial charge in [-0.2, -0.15) is 10.2 Å². The van der Waals surface area contributed by atoms with Crippen molar-refractivity contribution in [2.24, 2.45) is 0 Å². The molecule has 2 atom stereocenters. The van der Waals surface area contributed by atoms with E-state index in [1.807, 2.05) is 17.0 Å². The van der Waals surface area contributed by atoms with Crippen LogP contribution in [0.3, 0.4) is 0 Å². The zero-order valence-corrected chi connectivity index (χ0v) is 19.1. The smallest absolute Gasteiger partial charge is 0.244 e. The third-order valence-corrected chi connectivity index (χ3v) is 5.91. The van der Waals surface area contributed by atoms with Crippen LogP contribution < -0.4 is 10.6 Å². The number of halogens is 1. The molecule has 0 bridgehead atoms. The Hall–Kier alpha value is -3.79. The number of fused-ring (bicyclic) bond motifs is 1. The minimum Gasteiger partial charge on any atom is -0.338 e. The fourth-order valence-electron chi connectivity index (χ4n) is 4.37. The summed E-state index contributed by atoms with van der Waals surface area (Å²) < 4.78 is 17.5. The summed E-state index contributed by atoms with van der Waals surface area (Å²) in [6.07, 6.45) is 5.21. The van der Waals surface area contributed by atoms with E-state index in [1.165, 1.54) is 6.07 Å². The summed E-state index contributed by atoms with van der Waals surface area (Å²) in [5.41, 5.74) is 1.40. The van der Waals surface area contributed by atoms with Gasteiger partial charge in [0.1, 0.15) is 18.2 Å². The molecule has 2 N–H and O–H groups in total. The molecule has 4 heterocycles. The molecule has 3 aromatic heterocycles. The highest BCUT2D eigenvalue weighted by Crippen LogP contribution is 2.21. The lowest BCUT2D eigenvalue weighted by atomic mass is 10.1. The number of hydrogen-bond donors (Lipinski definition) is 2. The Balaban J connectivity index is 1.27. The molecule has 2 unspecified atom stereocenters. The minimum absolute atomic E-state index is 0.0476. The Bertz CT molecular complexity index is 1310. The Morgan fingerprint density at radius 2 is 1.94 bits per heavy atom. The van der Waals surface area contributed by atoms with E-state index in [4.69, 9.17) is 0 Å². The van der Waals surface area contributed by atoms with Crippen LogP contribution in [0.5, 0.6) is 0 Å². The first-order chi connectivity index (χ1) is 16.4. The quantitative estimate of drug-likeness (QED) is 0.458. The number of carbonyl (C=O) groups excluding carboxylic acids is 1. The van der Waals surface area contributed by atoms with E-state index in [9.17, 15) is 9.18 Å². The van der Waals surface area contributed by atoms with Gasteiger partial charge in [-0.05, 0) is 19.9 Å². The first-order valence-electron chi connectivity index (χ1n) is 11.3. The minimum atomic E-state index is -0.261. The highest BCUT2D eigenvalue weighted by atomic mass is 19.1. The van der Waals surface area contributed by atoms with E-state index in [0.29, 0.717) is 36.8 Å². The van der Waals surface area contributed by atoms with Crippen LogP contribution in [0.2, 0.25) is 0 Å². The van der Waals surface area contributed by atoms with Crippen LogP contribution in [0.15, 0.2) is 55.0 Å². The molecule has 1 aliphatic rings. The molecule has 4 aromatic rings. The highest BCUT2D eigenvalue weighted by molar-refractivity contribution is 5.81. The van der Waals surface area contributed by atoms with Gasteiger partial charge in [0, 0.05) is 60.6 Å². The Morgan fingerprint density at radius 3 is 2.74 bits per heavy atom. The summed E-state index contributed by atoms with van der Waals surface area (Å²) in [7, 11) is 0. The van der Waals surface area contributed by atoms with Crippen LogP contribution in [0.4, 0.5) is 16.0 Å². The molecule has 34 heavy (non-hydrogen) atoms. The molecule has 176 valence electrons. The predicted molar refractivity (Wildman–Crippen MR) is 127 cm³/mol. The van der Waals surface area contributed by atoms with Crippen molar-refractivity contribution in [3.05, 3.63) is 66.4 Å². The first-order valence-corrected chi connectivity index (χ1v) is 11.3. The fraction of sp³-hybridized carbons (Fsp3) is 0.333. The van der Waals surface area contributed by atoms with Crippen LogP contribution in [-0.4, -0.2) is 60.5 Å². The molecule has 0 radical (unpaired) electrons. The van der Waals surface area contributed by atoms with Crippen molar-refractivity contribution in [3.63, 3.8) is 0 Å². The average molecular weight is 463 g/mol. The van der Waals surface area contributed by atoms with Gasteiger partial charge in [0.25, 0.3) is 0 Å². The Morgan fingerprint density at radius 1 is 1.15 bits per heavy atom. The number of hydrogen-bond acceptors (Lipinski definition) is 6. The van der Waals surface area contributed by atoms with E-state index in [2.05, 4.69) is 39.7 Å². The molecule has 5 rings (SSSR count). The van der Waals surface area contributed by atoms with Crippen molar-refractivity contribution in [1.82, 2.24) is 34.8 Å². The third kappa shape index (κ3) is 4.76. The van der Waals surface area contributed by atoms with Crippen LogP contribution >= 0.6 is 0 Å². The van der Waals surface area contributed by atoms with Gasteiger partial charge < -0.3 is 15.5 Å². The molecular weight excluding hydrogens is 435 g/mol. The summed E-state index contributed by atoms with van der Waals surface area (Å²) in [5, 5.41) is 16.3. The van der Waals surface area contributed by atoms with Crippen molar-refractivity contribution < 1.29 is 9.18 Å². The van der Waals surface area contributed by atoms with E-state index >= 15 is 0 Å². The number of aromatic nitrogens is 5. The van der Waals surface area contributed by atoms with Crippen LogP contribution in [0.25, 0.3) is 10.9 Å². The van der Waals surface area contributed by atoms with Crippen LogP contribution in [0, 0.1) is 5.82 Å². The van der Waals surface area contributed by atoms with Gasteiger partial charge in [0.2, 0.25) is 5.91 Å². The van der Waals surface area contributed by atoms with Crippen LogP contribution in [0.1, 0.15) is 19.4 Å². The largest absolute Gasteiger partial charge is 0.338 e. The van der Waals surface area contributed by atoms with Gasteiger partial charge >= 0.3 is 0 Å². The maximum absolute atomic E-state index is 14.1. The summed E-state index contributed by atoms with van der Waals surface area (Å²) in [5.74, 6) is 0.959. The van der Waals surface area contributed by atoms with Crippen molar-refractivity contribution in [3.8, 4) is 0 Å². The van der Waals surface area contributed by atoms with Crippen molar-refractivity contribution in [2.45, 2.75) is 39.0 Å². The Kier molecular flexibility index (Phi) is 5.97. The van der Waals surface area contributed by atoms with E-state index < -0.39 is 0 Å². The molecule has 1 aromatic carbocycles. The molecule has 0 spiro atoms. The predicted octanol–water partition coefficient (Wildman–Crippen LogP) is 2.77. The number of anilines is 2. The number of pyridine rings is 1. The molecule has 10 heteroatoms. The second-order valence-electron chi connectivity index (χ2n) is 8.81. The molecule has 0 aliphatic carbocycles. The molecule has 1 amide bonds. The van der Waals surface area contributed by atoms with Gasteiger partial charge in [-0.25, -0.2) is 9.37 Å². The van der Waals surface area contributed by atoms with E-state index in [-0.39, 0.29) is 30.4 Å². The summed E-state index contributed by atoms with van der Waals surface area (Å²) in [6, 6.07) is 10.9. The van der Waals surface area contributed by atoms with Crippen molar-refractivity contribution in [1.29, 1.82) is 0 Å². The topological polar surface area (TPSA) is 92.9 Å². The molecule has 1 aliphatic heterocycles. The average Bonchev–Trinajstić information content (AvgIpc) is 3.41. The highest BCUT2D eigenvalue weighted by Gasteiger charge is 2.24. The number of amides is 1. The zero-order valence-electron chi connectivity index (χ0n) is 19.1. The number of rotatable bonds is 6. The number of benzene rings is 1. The molecule has 1 fully saturated rings. The van der Waals surface area contributed by atoms with Gasteiger partial charge in [0.05, 0.1) is 18.3 Å². The SMILES string of the molecule is CC1CN(C(=O)Cn2ccc(Nc3cc4c(cn3)cnn4Cc3ccccc3F)n2)CC(C)N1. The first kappa shape index (κ1) is 22.0. The third-order valence-electron chi connectivity index (χ3n) is 5.91. The second-order valence-corrected chi connectivity index (χ2v) is 8.81. The molecule has 1 saturated heterocycles. The lowest BCUT2D eigenvalue weighted by Gasteiger charge is -2.36. The monoisotopic (exact) mass is 462 g/mol. The van der Waals surface area contributed by atoms with Gasteiger partial charge in [0.15, 0.2) is 5.82 Å². The molecule has 9 nitrogen and oxygen atoms in total. The lowest BCUT2D eigenvalue weighted by Crippen LogP contribution is -2.56. The van der Waals surface area contributed by atoms with E-state index in [0.717, 1.165) is 10.9 Å². The number of carbonyl (C=O) groups is 1. The molecule has 0 saturated carbocycles. The van der Waals surface area contributed by atoms with Crippen LogP contribution in [-0.2, 0) is 17.9 Å². The molecular formula is C24H27FN8O. The Labute approximate surface area is 196 Å². The van der Waals surface area contributed by atoms with E-state index in [1.54, 1.807) is 46.2 Å². The standard InChI is InChI=1S/C24H27FN8O/c1-16-12-31(13-17(2)28-16)24(34)15-32-8-7-22(30-32)29-23-9-21-19(10-26-23)11-27-33(21)14-18-5-3-4-6-20(18)25/h3-11,16-17,28H,12-15H2,1-2H3,(H,26,29,30). The zero-order chi connectivity index (χ0) is 23.7. The van der Waals surface area contributed by atoms with Crippen molar-refractivity contribution in [2.75, 3.05) is 18.4 Å². The summed E-state index contributed by atoms with van der Waals surface area (Å²) >= 11 is 0. The number of nitrogens with zero attached hydrogens (tertiary/aromatic N) is 6. The normalized spacial score (nSPS) is 18.4. The van der Waals surface area contributed by atoms with Gasteiger partial charge in [-0.1, -0.05) is 18.2 Å². The maximum atomic E-state index is 14.1. The second kappa shape index (κ2) is 9.22. The number of piperazine rings is 1. The summed E-state index contributed by atoms with van der Waals surface area (Å²) in [6.45, 7) is 6.05. The van der Waals surface area contributed by atoms with Crippen molar-refractivity contribution >= 4 is 28.4 Å². The maximum Gasteiger partial charge on any atom is 0.244 e. The lowest BCUT2D eigenvalue weighted by molar-refractivity contribution is -0.133. The van der Waals surface area contributed by atoms with Gasteiger partial charge in [-0.3, -0.25) is 14.2 Å². The fourth-order valence-corrected chi connectivity index (χ4v) is 4.37. The summed E-state index contributed by atoms with van der Waals surface area (Å²) in [4.78, 5) is 19.0.